The Kier molecular flexibility index (Phi) is 2.75. The Morgan fingerprint density at radius 1 is 0.800 bits per heavy atom. The van der Waals surface area contributed by atoms with Crippen LogP contribution in [0.3, 0.4) is 0 Å². The second kappa shape index (κ2) is 3.46. The number of nitrogens with two attached hydrogens (primary N) is 4. The molecule has 8 N–H and O–H groups in total. The molecule has 0 aliphatic rings. The Hall–Kier alpha value is -1.15. The van der Waals surface area contributed by atoms with Crippen LogP contribution in [-0.2, 0) is 5.41 Å². The maximum atomic E-state index is 5.97. The summed E-state index contributed by atoms with van der Waals surface area (Å²) >= 11 is 0. The Balaban J connectivity index is 3.68. The van der Waals surface area contributed by atoms with Gasteiger partial charge < -0.3 is 22.9 Å². The Morgan fingerprint density at radius 2 is 1.20 bits per heavy atom. The van der Waals surface area contributed by atoms with Crippen molar-refractivity contribution in [2.75, 3.05) is 22.9 Å². The van der Waals surface area contributed by atoms with E-state index in [1.807, 2.05) is 0 Å². The molecular formula is C10H19N4P. The topological polar surface area (TPSA) is 104 Å². The van der Waals surface area contributed by atoms with Crippen LogP contribution in [0.5, 0.6) is 0 Å². The summed E-state index contributed by atoms with van der Waals surface area (Å²) in [6, 6.07) is 0. The van der Waals surface area contributed by atoms with E-state index in [2.05, 4.69) is 30.0 Å². The van der Waals surface area contributed by atoms with Crippen molar-refractivity contribution in [1.82, 2.24) is 0 Å². The molecule has 1 unspecified atom stereocenters. The van der Waals surface area contributed by atoms with Gasteiger partial charge in [0.2, 0.25) is 0 Å². The molecule has 0 aliphatic carbocycles. The number of rotatable bonds is 0. The monoisotopic (exact) mass is 226 g/mol. The average molecular weight is 226 g/mol. The molecule has 0 fully saturated rings. The van der Waals surface area contributed by atoms with Gasteiger partial charge in [-0.05, 0) is 11.0 Å². The lowest BCUT2D eigenvalue weighted by molar-refractivity contribution is 0.597. The fourth-order valence-corrected chi connectivity index (χ4v) is 2.40. The summed E-state index contributed by atoms with van der Waals surface area (Å²) in [5.74, 6) is 0. The van der Waals surface area contributed by atoms with Crippen molar-refractivity contribution in [3.05, 3.63) is 5.56 Å². The van der Waals surface area contributed by atoms with E-state index < -0.39 is 0 Å². The van der Waals surface area contributed by atoms with Crippen molar-refractivity contribution in [3.63, 3.8) is 0 Å². The second-order valence-corrected chi connectivity index (χ2v) is 5.27. The average Bonchev–Trinajstić information content (AvgIpc) is 2.09. The summed E-state index contributed by atoms with van der Waals surface area (Å²) in [5, 5.41) is 0.840. The summed E-state index contributed by atoms with van der Waals surface area (Å²) in [7, 11) is 2.58. The molecule has 1 aromatic rings. The fraction of sp³-hybridized carbons (Fsp3) is 0.400. The first-order valence-electron chi connectivity index (χ1n) is 4.69. The smallest absolute Gasteiger partial charge is 0.0809 e. The molecule has 0 saturated carbocycles. The highest BCUT2D eigenvalue weighted by Gasteiger charge is 2.24. The highest BCUT2D eigenvalue weighted by molar-refractivity contribution is 7.28. The lowest BCUT2D eigenvalue weighted by atomic mass is 9.84. The predicted molar refractivity (Wildman–Crippen MR) is 72.1 cm³/mol. The number of hydrogen-bond acceptors (Lipinski definition) is 4. The second-order valence-electron chi connectivity index (χ2n) is 4.69. The summed E-state index contributed by atoms with van der Waals surface area (Å²) in [4.78, 5) is 0. The third-order valence-electron chi connectivity index (χ3n) is 2.45. The van der Waals surface area contributed by atoms with Crippen molar-refractivity contribution in [2.24, 2.45) is 0 Å². The van der Waals surface area contributed by atoms with E-state index >= 15 is 0 Å². The summed E-state index contributed by atoms with van der Waals surface area (Å²) < 4.78 is 0. The van der Waals surface area contributed by atoms with Crippen molar-refractivity contribution in [1.29, 1.82) is 0 Å². The number of anilines is 4. The Bertz CT molecular complexity index is 378. The molecule has 0 aliphatic heterocycles. The molecular weight excluding hydrogens is 207 g/mol. The SMILES string of the molecule is CC(C)(C)c1c(N)c(N)c(N)c(N)c1P. The zero-order valence-corrected chi connectivity index (χ0v) is 10.5. The van der Waals surface area contributed by atoms with Crippen LogP contribution in [0.25, 0.3) is 0 Å². The summed E-state index contributed by atoms with van der Waals surface area (Å²) in [6.07, 6.45) is 0. The molecule has 0 heterocycles. The van der Waals surface area contributed by atoms with Gasteiger partial charge in [0.15, 0.2) is 0 Å². The minimum absolute atomic E-state index is 0.114. The van der Waals surface area contributed by atoms with Gasteiger partial charge in [-0.3, -0.25) is 0 Å². The third kappa shape index (κ3) is 1.82. The highest BCUT2D eigenvalue weighted by Crippen LogP contribution is 2.37. The number of benzene rings is 1. The van der Waals surface area contributed by atoms with Gasteiger partial charge in [-0.15, -0.1) is 9.24 Å². The van der Waals surface area contributed by atoms with Crippen LogP contribution in [0, 0.1) is 0 Å². The third-order valence-corrected chi connectivity index (χ3v) is 3.05. The van der Waals surface area contributed by atoms with E-state index in [0.717, 1.165) is 10.9 Å². The quantitative estimate of drug-likeness (QED) is 0.388. The van der Waals surface area contributed by atoms with Gasteiger partial charge in [0.1, 0.15) is 0 Å². The van der Waals surface area contributed by atoms with Crippen LogP contribution < -0.4 is 28.2 Å². The number of hydrogen-bond donors (Lipinski definition) is 4. The normalized spacial score (nSPS) is 11.7. The first-order chi connectivity index (χ1) is 6.68. The van der Waals surface area contributed by atoms with Crippen molar-refractivity contribution in [2.45, 2.75) is 26.2 Å². The largest absolute Gasteiger partial charge is 0.397 e. The zero-order valence-electron chi connectivity index (χ0n) is 9.39. The molecule has 1 aromatic carbocycles. The Labute approximate surface area is 92.6 Å². The maximum absolute atomic E-state index is 5.97. The lowest BCUT2D eigenvalue weighted by Crippen LogP contribution is -2.25. The summed E-state index contributed by atoms with van der Waals surface area (Å²) in [6.45, 7) is 6.17. The van der Waals surface area contributed by atoms with E-state index in [1.165, 1.54) is 0 Å². The molecule has 1 rings (SSSR count). The molecule has 4 nitrogen and oxygen atoms in total. The molecule has 0 radical (unpaired) electrons. The molecule has 84 valence electrons. The van der Waals surface area contributed by atoms with Crippen molar-refractivity contribution < 1.29 is 0 Å². The van der Waals surface area contributed by atoms with Crippen LogP contribution in [0.15, 0.2) is 0 Å². The van der Waals surface area contributed by atoms with Gasteiger partial charge in [0, 0.05) is 5.30 Å². The van der Waals surface area contributed by atoms with Crippen molar-refractivity contribution >= 4 is 37.3 Å². The lowest BCUT2D eigenvalue weighted by Gasteiger charge is -2.26. The molecule has 0 aromatic heterocycles. The minimum Gasteiger partial charge on any atom is -0.397 e. The Morgan fingerprint density at radius 3 is 1.60 bits per heavy atom. The standard InChI is InChI=1S/C10H19N4P/c1-10(2,3)4-5(11)6(12)7(13)8(14)9(4)15/h11-15H2,1-3H3. The van der Waals surface area contributed by atoms with Gasteiger partial charge in [0.05, 0.1) is 22.7 Å². The van der Waals surface area contributed by atoms with Gasteiger partial charge in [0.25, 0.3) is 0 Å². The van der Waals surface area contributed by atoms with Gasteiger partial charge >= 0.3 is 0 Å². The van der Waals surface area contributed by atoms with E-state index in [0.29, 0.717) is 22.7 Å². The zero-order chi connectivity index (χ0) is 12.0. The molecule has 5 heteroatoms. The molecule has 0 saturated heterocycles. The van der Waals surface area contributed by atoms with E-state index in [-0.39, 0.29) is 5.41 Å². The minimum atomic E-state index is -0.114. The molecule has 0 bridgehead atoms. The molecule has 1 atom stereocenters. The fourth-order valence-electron chi connectivity index (χ4n) is 1.66. The van der Waals surface area contributed by atoms with Gasteiger partial charge in [-0.1, -0.05) is 20.8 Å². The number of nitrogen functional groups attached to an aromatic ring is 4. The first-order valence-corrected chi connectivity index (χ1v) is 5.27. The molecule has 0 spiro atoms. The van der Waals surface area contributed by atoms with Gasteiger partial charge in [-0.25, -0.2) is 0 Å². The van der Waals surface area contributed by atoms with E-state index in [1.54, 1.807) is 0 Å². The first kappa shape index (κ1) is 11.9. The van der Waals surface area contributed by atoms with Gasteiger partial charge in [-0.2, -0.15) is 0 Å². The van der Waals surface area contributed by atoms with E-state index in [4.69, 9.17) is 22.9 Å². The van der Waals surface area contributed by atoms with Crippen LogP contribution in [0.1, 0.15) is 26.3 Å². The van der Waals surface area contributed by atoms with Crippen LogP contribution in [0.2, 0.25) is 0 Å². The van der Waals surface area contributed by atoms with Crippen LogP contribution in [-0.4, -0.2) is 0 Å². The van der Waals surface area contributed by atoms with E-state index in [9.17, 15) is 0 Å². The molecule has 0 amide bonds. The highest BCUT2D eigenvalue weighted by atomic mass is 31.0. The predicted octanol–water partition coefficient (Wildman–Crippen LogP) is 0.813. The summed E-state index contributed by atoms with van der Waals surface area (Å²) in [5.41, 5.74) is 26.0. The van der Waals surface area contributed by atoms with Crippen LogP contribution >= 0.6 is 9.24 Å². The molecule has 15 heavy (non-hydrogen) atoms. The van der Waals surface area contributed by atoms with Crippen LogP contribution in [0.4, 0.5) is 22.7 Å². The van der Waals surface area contributed by atoms with Crippen molar-refractivity contribution in [3.8, 4) is 0 Å². The maximum Gasteiger partial charge on any atom is 0.0809 e.